The summed E-state index contributed by atoms with van der Waals surface area (Å²) in [4.78, 5) is 16.2. The molecular formula is C18H29IN4O. The average molecular weight is 444 g/mol. The summed E-state index contributed by atoms with van der Waals surface area (Å²) >= 11 is 0. The summed E-state index contributed by atoms with van der Waals surface area (Å²) in [5.74, 6) is 1.65. The number of carbonyl (C=O) groups is 1. The minimum Gasteiger partial charge on any atom is -0.356 e. The van der Waals surface area contributed by atoms with Crippen LogP contribution in [0.15, 0.2) is 29.3 Å². The first-order valence-electron chi connectivity index (χ1n) is 8.54. The third-order valence-corrected chi connectivity index (χ3v) is 3.97. The first-order chi connectivity index (χ1) is 11.2. The summed E-state index contributed by atoms with van der Waals surface area (Å²) in [5.41, 5.74) is 1.84. The van der Waals surface area contributed by atoms with Crippen molar-refractivity contribution in [3.63, 3.8) is 0 Å². The van der Waals surface area contributed by atoms with Gasteiger partial charge in [-0.2, -0.15) is 0 Å². The number of nitrogens with one attached hydrogen (secondary N) is 3. The number of amides is 1. The largest absolute Gasteiger partial charge is 0.356 e. The van der Waals surface area contributed by atoms with Crippen LogP contribution in [0.2, 0.25) is 0 Å². The third kappa shape index (κ3) is 7.51. The second kappa shape index (κ2) is 11.3. The number of nitrogens with zero attached hydrogens (tertiary/aromatic N) is 1. The molecule has 0 spiro atoms. The van der Waals surface area contributed by atoms with Gasteiger partial charge >= 0.3 is 0 Å². The highest BCUT2D eigenvalue weighted by Gasteiger charge is 2.20. The van der Waals surface area contributed by atoms with Crippen molar-refractivity contribution in [3.05, 3.63) is 35.4 Å². The van der Waals surface area contributed by atoms with Crippen molar-refractivity contribution >= 4 is 35.8 Å². The topological polar surface area (TPSA) is 65.5 Å². The number of carbonyl (C=O) groups excluding carboxylic acids is 1. The zero-order chi connectivity index (χ0) is 16.5. The molecule has 0 saturated heterocycles. The number of benzene rings is 1. The molecule has 6 heteroatoms. The van der Waals surface area contributed by atoms with Crippen LogP contribution in [-0.4, -0.2) is 32.0 Å². The number of halogens is 1. The standard InChI is InChI=1S/C18H28N4O.HI/c1-3-4-11-20-17(23)16-9-7-15(8-10-16)13-22-18(19-2)21-12-14-5-6-14;/h7-10,14H,3-6,11-13H2,1-2H3,(H,20,23)(H2,19,21,22);1H. The Kier molecular flexibility index (Phi) is 9.75. The van der Waals surface area contributed by atoms with Gasteiger partial charge < -0.3 is 16.0 Å². The Morgan fingerprint density at radius 1 is 1.17 bits per heavy atom. The van der Waals surface area contributed by atoms with Crippen LogP contribution < -0.4 is 16.0 Å². The molecule has 0 atom stereocenters. The number of aliphatic imine (C=N–C) groups is 1. The van der Waals surface area contributed by atoms with E-state index in [-0.39, 0.29) is 29.9 Å². The summed E-state index contributed by atoms with van der Waals surface area (Å²) in [6.45, 7) is 4.54. The van der Waals surface area contributed by atoms with Gasteiger partial charge in [0.25, 0.3) is 5.91 Å². The first-order valence-corrected chi connectivity index (χ1v) is 8.54. The number of hydrogen-bond acceptors (Lipinski definition) is 2. The van der Waals surface area contributed by atoms with E-state index in [1.54, 1.807) is 7.05 Å². The maximum absolute atomic E-state index is 11.9. The van der Waals surface area contributed by atoms with Crippen molar-refractivity contribution in [1.82, 2.24) is 16.0 Å². The number of unbranched alkanes of at least 4 members (excludes halogenated alkanes) is 1. The fourth-order valence-corrected chi connectivity index (χ4v) is 2.22. The Labute approximate surface area is 162 Å². The lowest BCUT2D eigenvalue weighted by Crippen LogP contribution is -2.37. The van der Waals surface area contributed by atoms with E-state index >= 15 is 0 Å². The molecule has 3 N–H and O–H groups in total. The van der Waals surface area contributed by atoms with E-state index in [0.717, 1.165) is 43.4 Å². The summed E-state index contributed by atoms with van der Waals surface area (Å²) in [6.07, 6.45) is 4.75. The van der Waals surface area contributed by atoms with Gasteiger partial charge in [0.05, 0.1) is 0 Å². The van der Waals surface area contributed by atoms with Crippen LogP contribution in [0.3, 0.4) is 0 Å². The van der Waals surface area contributed by atoms with E-state index in [1.165, 1.54) is 12.8 Å². The van der Waals surface area contributed by atoms with Crippen LogP contribution in [0.5, 0.6) is 0 Å². The summed E-state index contributed by atoms with van der Waals surface area (Å²) in [6, 6.07) is 7.71. The summed E-state index contributed by atoms with van der Waals surface area (Å²) in [5, 5.41) is 9.56. The number of guanidine groups is 1. The van der Waals surface area contributed by atoms with Crippen molar-refractivity contribution in [1.29, 1.82) is 0 Å². The highest BCUT2D eigenvalue weighted by atomic mass is 127. The van der Waals surface area contributed by atoms with Gasteiger partial charge in [-0.3, -0.25) is 9.79 Å². The Morgan fingerprint density at radius 3 is 2.46 bits per heavy atom. The van der Waals surface area contributed by atoms with Gasteiger partial charge in [-0.15, -0.1) is 24.0 Å². The lowest BCUT2D eigenvalue weighted by Gasteiger charge is -2.12. The molecule has 2 rings (SSSR count). The van der Waals surface area contributed by atoms with E-state index in [2.05, 4.69) is 27.9 Å². The lowest BCUT2D eigenvalue weighted by molar-refractivity contribution is 0.0953. The van der Waals surface area contributed by atoms with Gasteiger partial charge in [0.2, 0.25) is 0 Å². The molecule has 5 nitrogen and oxygen atoms in total. The molecule has 1 aromatic carbocycles. The fourth-order valence-electron chi connectivity index (χ4n) is 2.22. The van der Waals surface area contributed by atoms with Gasteiger partial charge in [0.1, 0.15) is 0 Å². The molecule has 0 aliphatic heterocycles. The molecule has 1 saturated carbocycles. The highest BCUT2D eigenvalue weighted by molar-refractivity contribution is 14.0. The number of rotatable bonds is 8. The molecule has 1 fully saturated rings. The van der Waals surface area contributed by atoms with Gasteiger partial charge in [-0.25, -0.2) is 0 Å². The van der Waals surface area contributed by atoms with Crippen molar-refractivity contribution < 1.29 is 4.79 Å². The van der Waals surface area contributed by atoms with Crippen LogP contribution in [0.1, 0.15) is 48.5 Å². The molecular weight excluding hydrogens is 415 g/mol. The van der Waals surface area contributed by atoms with Gasteiger partial charge in [-0.05, 0) is 42.9 Å². The smallest absolute Gasteiger partial charge is 0.251 e. The quantitative estimate of drug-likeness (QED) is 0.250. The predicted molar refractivity (Wildman–Crippen MR) is 110 cm³/mol. The Bertz CT molecular complexity index is 526. The van der Waals surface area contributed by atoms with E-state index in [9.17, 15) is 4.79 Å². The normalized spacial score (nSPS) is 13.8. The SMILES string of the molecule is CCCCNC(=O)c1ccc(CNC(=NC)NCC2CC2)cc1.I. The molecule has 0 bridgehead atoms. The molecule has 0 aromatic heterocycles. The Balaban J connectivity index is 0.00000288. The summed E-state index contributed by atoms with van der Waals surface area (Å²) < 4.78 is 0. The maximum Gasteiger partial charge on any atom is 0.251 e. The van der Waals surface area contributed by atoms with Crippen molar-refractivity contribution in [2.75, 3.05) is 20.1 Å². The van der Waals surface area contributed by atoms with Crippen molar-refractivity contribution in [3.8, 4) is 0 Å². The van der Waals surface area contributed by atoms with Crippen LogP contribution in [0.25, 0.3) is 0 Å². The van der Waals surface area contributed by atoms with Crippen LogP contribution >= 0.6 is 24.0 Å². The zero-order valence-electron chi connectivity index (χ0n) is 14.6. The zero-order valence-corrected chi connectivity index (χ0v) is 16.9. The monoisotopic (exact) mass is 444 g/mol. The second-order valence-electron chi connectivity index (χ2n) is 6.06. The van der Waals surface area contributed by atoms with E-state index < -0.39 is 0 Å². The van der Waals surface area contributed by atoms with Crippen molar-refractivity contribution in [2.45, 2.75) is 39.2 Å². The fraction of sp³-hybridized carbons (Fsp3) is 0.556. The minimum atomic E-state index is -0.000121. The van der Waals surface area contributed by atoms with Crippen LogP contribution in [-0.2, 0) is 6.54 Å². The van der Waals surface area contributed by atoms with Crippen LogP contribution in [0, 0.1) is 5.92 Å². The second-order valence-corrected chi connectivity index (χ2v) is 6.06. The molecule has 1 amide bonds. The van der Waals surface area contributed by atoms with E-state index in [4.69, 9.17) is 0 Å². The van der Waals surface area contributed by atoms with Gasteiger partial charge in [0, 0.05) is 32.2 Å². The number of hydrogen-bond donors (Lipinski definition) is 3. The Morgan fingerprint density at radius 2 is 1.88 bits per heavy atom. The molecule has 24 heavy (non-hydrogen) atoms. The minimum absolute atomic E-state index is 0. The highest BCUT2D eigenvalue weighted by Crippen LogP contribution is 2.27. The third-order valence-electron chi connectivity index (χ3n) is 3.97. The van der Waals surface area contributed by atoms with Crippen molar-refractivity contribution in [2.24, 2.45) is 10.9 Å². The molecule has 1 aliphatic rings. The average Bonchev–Trinajstić information content (AvgIpc) is 3.40. The lowest BCUT2D eigenvalue weighted by atomic mass is 10.1. The molecule has 0 radical (unpaired) electrons. The summed E-state index contributed by atoms with van der Waals surface area (Å²) in [7, 11) is 1.78. The van der Waals surface area contributed by atoms with Gasteiger partial charge in [0.15, 0.2) is 5.96 Å². The van der Waals surface area contributed by atoms with E-state index in [1.807, 2.05) is 24.3 Å². The Hall–Kier alpha value is -1.31. The predicted octanol–water partition coefficient (Wildman–Crippen LogP) is 2.91. The molecule has 0 heterocycles. The molecule has 134 valence electrons. The van der Waals surface area contributed by atoms with Crippen LogP contribution in [0.4, 0.5) is 0 Å². The molecule has 1 aliphatic carbocycles. The van der Waals surface area contributed by atoms with Gasteiger partial charge in [-0.1, -0.05) is 25.5 Å². The molecule has 1 aromatic rings. The molecule has 0 unspecified atom stereocenters. The first kappa shape index (κ1) is 20.7. The van der Waals surface area contributed by atoms with E-state index in [0.29, 0.717) is 12.1 Å². The maximum atomic E-state index is 11.9.